The van der Waals surface area contributed by atoms with Gasteiger partial charge in [-0.3, -0.25) is 5.10 Å². The number of halogens is 1. The number of morpholine rings is 1. The van der Waals surface area contributed by atoms with Crippen molar-refractivity contribution in [1.82, 2.24) is 10.2 Å². The molecule has 0 radical (unpaired) electrons. The normalized spacial score (nSPS) is 21.0. The standard InChI is InChI=1S/C19H18ClN3O/c20-17-8-6-15(7-9-17)19(16-12-21-22-13-16)14-23(10-11-24-19)18-4-2-1-3-5-18/h1-9,12-13H,10-11,14H2,(H,21,22). The number of hydrogen-bond donors (Lipinski definition) is 1. The Morgan fingerprint density at radius 3 is 2.54 bits per heavy atom. The van der Waals surface area contributed by atoms with Crippen LogP contribution in [0.15, 0.2) is 67.0 Å². The van der Waals surface area contributed by atoms with Crippen LogP contribution in [0.5, 0.6) is 0 Å². The van der Waals surface area contributed by atoms with Crippen molar-refractivity contribution < 1.29 is 4.74 Å². The summed E-state index contributed by atoms with van der Waals surface area (Å²) in [6.07, 6.45) is 3.74. The SMILES string of the molecule is Clc1ccc(C2(c3cn[nH]c3)CN(c3ccccc3)CCO2)cc1. The number of para-hydroxylation sites is 1. The molecule has 1 aromatic heterocycles. The van der Waals surface area contributed by atoms with Gasteiger partial charge in [-0.05, 0) is 29.8 Å². The van der Waals surface area contributed by atoms with Crippen LogP contribution in [0.3, 0.4) is 0 Å². The molecular weight excluding hydrogens is 322 g/mol. The molecule has 1 unspecified atom stereocenters. The van der Waals surface area contributed by atoms with Crippen LogP contribution < -0.4 is 4.90 Å². The Hall–Kier alpha value is -2.30. The summed E-state index contributed by atoms with van der Waals surface area (Å²) in [6.45, 7) is 2.22. The molecule has 5 heteroatoms. The molecular formula is C19H18ClN3O. The molecule has 3 aromatic rings. The van der Waals surface area contributed by atoms with Crippen LogP contribution in [0.2, 0.25) is 5.02 Å². The summed E-state index contributed by atoms with van der Waals surface area (Å²) in [6, 6.07) is 18.3. The summed E-state index contributed by atoms with van der Waals surface area (Å²) in [5.74, 6) is 0. The molecule has 4 nitrogen and oxygen atoms in total. The number of H-pyrrole nitrogens is 1. The summed E-state index contributed by atoms with van der Waals surface area (Å²) in [7, 11) is 0. The Morgan fingerprint density at radius 1 is 1.04 bits per heavy atom. The zero-order chi connectivity index (χ0) is 16.4. The van der Waals surface area contributed by atoms with E-state index < -0.39 is 5.60 Å². The predicted molar refractivity (Wildman–Crippen MR) is 95.4 cm³/mol. The Balaban J connectivity index is 1.77. The fourth-order valence-corrected chi connectivity index (χ4v) is 3.42. The number of benzene rings is 2. The van der Waals surface area contributed by atoms with Crippen molar-refractivity contribution in [3.05, 3.63) is 83.1 Å². The van der Waals surface area contributed by atoms with Gasteiger partial charge in [0.15, 0.2) is 0 Å². The van der Waals surface area contributed by atoms with Crippen molar-refractivity contribution in [3.8, 4) is 0 Å². The lowest BCUT2D eigenvalue weighted by Gasteiger charge is -2.43. The molecule has 2 heterocycles. The van der Waals surface area contributed by atoms with Crippen molar-refractivity contribution in [2.24, 2.45) is 0 Å². The Labute approximate surface area is 146 Å². The van der Waals surface area contributed by atoms with Crippen molar-refractivity contribution in [1.29, 1.82) is 0 Å². The number of aromatic nitrogens is 2. The first-order valence-corrected chi connectivity index (χ1v) is 8.35. The van der Waals surface area contributed by atoms with E-state index in [1.165, 1.54) is 5.69 Å². The summed E-state index contributed by atoms with van der Waals surface area (Å²) in [5.41, 5.74) is 2.73. The van der Waals surface area contributed by atoms with Crippen molar-refractivity contribution in [3.63, 3.8) is 0 Å². The monoisotopic (exact) mass is 339 g/mol. The van der Waals surface area contributed by atoms with Gasteiger partial charge in [-0.25, -0.2) is 0 Å². The zero-order valence-corrected chi connectivity index (χ0v) is 13.9. The fraction of sp³-hybridized carbons (Fsp3) is 0.211. The van der Waals surface area contributed by atoms with Crippen molar-refractivity contribution in [2.75, 3.05) is 24.6 Å². The van der Waals surface area contributed by atoms with E-state index in [1.807, 2.05) is 42.7 Å². The molecule has 1 saturated heterocycles. The van der Waals surface area contributed by atoms with E-state index >= 15 is 0 Å². The molecule has 122 valence electrons. The minimum atomic E-state index is -0.564. The highest BCUT2D eigenvalue weighted by Crippen LogP contribution is 2.38. The summed E-state index contributed by atoms with van der Waals surface area (Å²) >= 11 is 6.08. The van der Waals surface area contributed by atoms with Crippen molar-refractivity contribution in [2.45, 2.75) is 5.60 Å². The molecule has 1 aliphatic heterocycles. The lowest BCUT2D eigenvalue weighted by molar-refractivity contribution is -0.0294. The average Bonchev–Trinajstić information content (AvgIpc) is 3.18. The highest BCUT2D eigenvalue weighted by atomic mass is 35.5. The van der Waals surface area contributed by atoms with Crippen LogP contribution in [0.25, 0.3) is 0 Å². The van der Waals surface area contributed by atoms with E-state index in [0.29, 0.717) is 6.61 Å². The van der Waals surface area contributed by atoms with Gasteiger partial charge in [-0.1, -0.05) is 41.9 Å². The first kappa shape index (κ1) is 15.2. The van der Waals surface area contributed by atoms with Gasteiger partial charge >= 0.3 is 0 Å². The van der Waals surface area contributed by atoms with E-state index in [2.05, 4.69) is 39.4 Å². The second kappa shape index (κ2) is 6.30. The van der Waals surface area contributed by atoms with Crippen LogP contribution >= 0.6 is 11.6 Å². The second-order valence-electron chi connectivity index (χ2n) is 5.93. The molecule has 24 heavy (non-hydrogen) atoms. The fourth-order valence-electron chi connectivity index (χ4n) is 3.29. The van der Waals surface area contributed by atoms with Crippen LogP contribution in [-0.2, 0) is 10.3 Å². The summed E-state index contributed by atoms with van der Waals surface area (Å²) in [5, 5.41) is 7.77. The van der Waals surface area contributed by atoms with E-state index in [0.717, 1.165) is 29.2 Å². The Morgan fingerprint density at radius 2 is 1.83 bits per heavy atom. The molecule has 1 fully saturated rings. The zero-order valence-electron chi connectivity index (χ0n) is 13.2. The highest BCUT2D eigenvalue weighted by molar-refractivity contribution is 6.30. The van der Waals surface area contributed by atoms with Crippen LogP contribution in [0.4, 0.5) is 5.69 Å². The van der Waals surface area contributed by atoms with Gasteiger partial charge in [0.2, 0.25) is 0 Å². The maximum absolute atomic E-state index is 6.34. The summed E-state index contributed by atoms with van der Waals surface area (Å²) < 4.78 is 6.34. The maximum atomic E-state index is 6.34. The maximum Gasteiger partial charge on any atom is 0.139 e. The Kier molecular flexibility index (Phi) is 4.00. The lowest BCUT2D eigenvalue weighted by atomic mass is 9.86. The molecule has 0 amide bonds. The lowest BCUT2D eigenvalue weighted by Crippen LogP contribution is -2.50. The second-order valence-corrected chi connectivity index (χ2v) is 6.36. The quantitative estimate of drug-likeness (QED) is 0.788. The number of hydrogen-bond acceptors (Lipinski definition) is 3. The van der Waals surface area contributed by atoms with Crippen LogP contribution in [0.1, 0.15) is 11.1 Å². The molecule has 0 spiro atoms. The van der Waals surface area contributed by atoms with E-state index in [4.69, 9.17) is 16.3 Å². The molecule has 0 aliphatic carbocycles. The third kappa shape index (κ3) is 2.68. The predicted octanol–water partition coefficient (Wildman–Crippen LogP) is 3.84. The molecule has 1 N–H and O–H groups in total. The Bertz CT molecular complexity index is 789. The number of ether oxygens (including phenoxy) is 1. The molecule has 4 rings (SSSR count). The first-order chi connectivity index (χ1) is 11.8. The molecule has 1 atom stereocenters. The van der Waals surface area contributed by atoms with Gasteiger partial charge in [0.05, 0.1) is 19.3 Å². The van der Waals surface area contributed by atoms with E-state index in [1.54, 1.807) is 0 Å². The third-order valence-electron chi connectivity index (χ3n) is 4.52. The molecule has 1 aliphatic rings. The third-order valence-corrected chi connectivity index (χ3v) is 4.77. The number of anilines is 1. The van der Waals surface area contributed by atoms with Gasteiger partial charge in [0.1, 0.15) is 5.60 Å². The van der Waals surface area contributed by atoms with Gasteiger partial charge in [0, 0.05) is 29.0 Å². The summed E-state index contributed by atoms with van der Waals surface area (Å²) in [4.78, 5) is 2.35. The minimum Gasteiger partial charge on any atom is -0.366 e. The molecule has 2 aromatic carbocycles. The van der Waals surface area contributed by atoms with Gasteiger partial charge in [0.25, 0.3) is 0 Å². The largest absolute Gasteiger partial charge is 0.366 e. The van der Waals surface area contributed by atoms with E-state index in [-0.39, 0.29) is 0 Å². The number of nitrogens with one attached hydrogen (secondary N) is 1. The number of nitrogens with zero attached hydrogens (tertiary/aromatic N) is 2. The average molecular weight is 340 g/mol. The number of aromatic amines is 1. The van der Waals surface area contributed by atoms with Crippen LogP contribution in [0, 0.1) is 0 Å². The smallest absolute Gasteiger partial charge is 0.139 e. The van der Waals surface area contributed by atoms with Gasteiger partial charge in [-0.2, -0.15) is 5.10 Å². The first-order valence-electron chi connectivity index (χ1n) is 7.97. The molecule has 0 saturated carbocycles. The van der Waals surface area contributed by atoms with Gasteiger partial charge < -0.3 is 9.64 Å². The van der Waals surface area contributed by atoms with Crippen molar-refractivity contribution >= 4 is 17.3 Å². The van der Waals surface area contributed by atoms with Gasteiger partial charge in [-0.15, -0.1) is 0 Å². The number of rotatable bonds is 3. The molecule has 0 bridgehead atoms. The van der Waals surface area contributed by atoms with E-state index in [9.17, 15) is 0 Å². The highest BCUT2D eigenvalue weighted by Gasteiger charge is 2.41. The topological polar surface area (TPSA) is 41.2 Å². The minimum absolute atomic E-state index is 0.564. The van der Waals surface area contributed by atoms with Crippen LogP contribution in [-0.4, -0.2) is 29.9 Å².